The molecule has 130 valence electrons. The average Bonchev–Trinajstić information content (AvgIpc) is 3.17. The van der Waals surface area contributed by atoms with Crippen molar-refractivity contribution in [3.63, 3.8) is 0 Å². The molecule has 2 aromatic heterocycles. The van der Waals surface area contributed by atoms with Crippen LogP contribution in [0.1, 0.15) is 23.2 Å². The van der Waals surface area contributed by atoms with Gasteiger partial charge in [0.05, 0.1) is 17.1 Å². The third kappa shape index (κ3) is 5.50. The Labute approximate surface area is 162 Å². The van der Waals surface area contributed by atoms with E-state index < -0.39 is 0 Å². The van der Waals surface area contributed by atoms with Crippen LogP contribution >= 0.6 is 46.0 Å². The smallest absolute Gasteiger partial charge is 0.232 e. The van der Waals surface area contributed by atoms with Crippen molar-refractivity contribution in [3.8, 4) is 0 Å². The second kappa shape index (κ2) is 8.75. The van der Waals surface area contributed by atoms with Gasteiger partial charge in [0.1, 0.15) is 0 Å². The molecule has 1 N–H and O–H groups in total. The number of amides is 1. The van der Waals surface area contributed by atoms with Crippen LogP contribution < -0.4 is 5.32 Å². The molecule has 25 heavy (non-hydrogen) atoms. The van der Waals surface area contributed by atoms with Gasteiger partial charge in [0.2, 0.25) is 11.0 Å². The fraction of sp³-hybridized carbons (Fsp3) is 0.250. The number of benzene rings is 1. The van der Waals surface area contributed by atoms with Crippen molar-refractivity contribution < 1.29 is 4.79 Å². The first-order valence-corrected chi connectivity index (χ1v) is 10.6. The second-order valence-electron chi connectivity index (χ2n) is 5.07. The lowest BCUT2D eigenvalue weighted by Crippen LogP contribution is -2.14. The third-order valence-corrected chi connectivity index (χ3v) is 6.09. The number of thioether (sulfide) groups is 1. The molecule has 0 atom stereocenters. The molecule has 0 saturated heterocycles. The number of halogens is 1. The monoisotopic (exact) mass is 410 g/mol. The van der Waals surface area contributed by atoms with Crippen LogP contribution in [0.4, 0.5) is 5.13 Å². The fourth-order valence-corrected chi connectivity index (χ4v) is 4.81. The summed E-state index contributed by atoms with van der Waals surface area (Å²) in [6.07, 6.45) is 0.933. The summed E-state index contributed by atoms with van der Waals surface area (Å²) < 4.78 is 0.857. The highest BCUT2D eigenvalue weighted by molar-refractivity contribution is 8.01. The maximum absolute atomic E-state index is 12.1. The molecule has 9 heteroatoms. The van der Waals surface area contributed by atoms with Gasteiger partial charge < -0.3 is 5.32 Å². The highest BCUT2D eigenvalue weighted by Gasteiger charge is 2.11. The summed E-state index contributed by atoms with van der Waals surface area (Å²) in [6, 6.07) is 7.71. The Morgan fingerprint density at radius 1 is 1.36 bits per heavy atom. The van der Waals surface area contributed by atoms with E-state index >= 15 is 0 Å². The molecule has 0 unspecified atom stereocenters. The van der Waals surface area contributed by atoms with Gasteiger partial charge in [-0.1, -0.05) is 53.8 Å². The van der Waals surface area contributed by atoms with Crippen LogP contribution in [0.3, 0.4) is 0 Å². The van der Waals surface area contributed by atoms with Gasteiger partial charge in [-0.2, -0.15) is 0 Å². The zero-order valence-corrected chi connectivity index (χ0v) is 16.6. The summed E-state index contributed by atoms with van der Waals surface area (Å²) in [5.41, 5.74) is 1.86. The van der Waals surface area contributed by atoms with Crippen LogP contribution in [-0.2, 0) is 17.6 Å². The highest BCUT2D eigenvalue weighted by Crippen LogP contribution is 2.25. The van der Waals surface area contributed by atoms with E-state index in [-0.39, 0.29) is 12.3 Å². The molecule has 0 aliphatic heterocycles. The minimum atomic E-state index is -0.135. The van der Waals surface area contributed by atoms with Crippen molar-refractivity contribution in [2.75, 3.05) is 11.1 Å². The number of carbonyl (C=O) groups is 1. The Morgan fingerprint density at radius 2 is 2.24 bits per heavy atom. The van der Waals surface area contributed by atoms with E-state index in [1.54, 1.807) is 23.1 Å². The summed E-state index contributed by atoms with van der Waals surface area (Å²) in [6.45, 7) is 2.05. The molecular weight excluding hydrogens is 396 g/mol. The van der Waals surface area contributed by atoms with E-state index in [0.29, 0.717) is 16.6 Å². The molecule has 2 heterocycles. The van der Waals surface area contributed by atoms with Crippen molar-refractivity contribution in [3.05, 3.63) is 50.9 Å². The number of thiazole rings is 1. The van der Waals surface area contributed by atoms with E-state index in [1.807, 2.05) is 36.6 Å². The quantitative estimate of drug-likeness (QED) is 0.457. The van der Waals surface area contributed by atoms with E-state index in [9.17, 15) is 4.79 Å². The van der Waals surface area contributed by atoms with E-state index in [1.165, 1.54) is 11.3 Å². The lowest BCUT2D eigenvalue weighted by atomic mass is 10.2. The largest absolute Gasteiger partial charge is 0.300 e. The summed E-state index contributed by atoms with van der Waals surface area (Å²) in [7, 11) is 0. The number of carbonyl (C=O) groups excluding carboxylic acids is 1. The zero-order chi connectivity index (χ0) is 17.6. The van der Waals surface area contributed by atoms with Crippen LogP contribution in [0.2, 0.25) is 5.02 Å². The maximum atomic E-state index is 12.1. The predicted molar refractivity (Wildman–Crippen MR) is 105 cm³/mol. The lowest BCUT2D eigenvalue weighted by molar-refractivity contribution is -0.115. The third-order valence-electron chi connectivity index (χ3n) is 3.11. The minimum Gasteiger partial charge on any atom is -0.300 e. The fourth-order valence-electron chi connectivity index (χ4n) is 2.10. The summed E-state index contributed by atoms with van der Waals surface area (Å²) >= 11 is 10.5. The zero-order valence-electron chi connectivity index (χ0n) is 13.4. The number of anilines is 1. The summed E-state index contributed by atoms with van der Waals surface area (Å²) in [5.74, 6) is 0.792. The summed E-state index contributed by atoms with van der Waals surface area (Å²) in [4.78, 5) is 16.7. The molecule has 0 aliphatic rings. The van der Waals surface area contributed by atoms with Crippen molar-refractivity contribution in [1.29, 1.82) is 0 Å². The number of nitrogens with zero attached hydrogens (tertiary/aromatic N) is 3. The first-order valence-electron chi connectivity index (χ1n) is 7.56. The Balaban J connectivity index is 1.56. The molecule has 0 saturated carbocycles. The molecule has 0 bridgehead atoms. The lowest BCUT2D eigenvalue weighted by Gasteiger charge is -1.99. The normalized spacial score (nSPS) is 10.8. The Morgan fingerprint density at radius 3 is 3.04 bits per heavy atom. The van der Waals surface area contributed by atoms with Gasteiger partial charge in [0, 0.05) is 16.8 Å². The van der Waals surface area contributed by atoms with Crippen molar-refractivity contribution >= 4 is 57.1 Å². The van der Waals surface area contributed by atoms with Crippen molar-refractivity contribution in [2.24, 2.45) is 0 Å². The number of hydrogen-bond acceptors (Lipinski definition) is 7. The maximum Gasteiger partial charge on any atom is 0.232 e. The molecule has 5 nitrogen and oxygen atoms in total. The Bertz CT molecular complexity index is 864. The van der Waals surface area contributed by atoms with E-state index in [2.05, 4.69) is 20.5 Å². The molecule has 3 rings (SSSR count). The van der Waals surface area contributed by atoms with Gasteiger partial charge in [0.15, 0.2) is 4.34 Å². The number of aromatic nitrogens is 3. The SMILES string of the molecule is CCSc1nnc(NC(=O)Cc2csc(Cc3cccc(Cl)c3)n2)s1. The van der Waals surface area contributed by atoms with Gasteiger partial charge >= 0.3 is 0 Å². The minimum absolute atomic E-state index is 0.135. The van der Waals surface area contributed by atoms with Gasteiger partial charge in [0.25, 0.3) is 0 Å². The summed E-state index contributed by atoms with van der Waals surface area (Å²) in [5, 5.41) is 14.9. The first-order chi connectivity index (χ1) is 12.1. The van der Waals surface area contributed by atoms with Gasteiger partial charge in [-0.15, -0.1) is 21.5 Å². The Hall–Kier alpha value is -1.48. The van der Waals surface area contributed by atoms with Crippen LogP contribution in [-0.4, -0.2) is 26.8 Å². The van der Waals surface area contributed by atoms with Gasteiger partial charge in [-0.25, -0.2) is 4.98 Å². The second-order valence-corrected chi connectivity index (χ2v) is 8.94. The number of hydrogen-bond donors (Lipinski definition) is 1. The molecule has 0 radical (unpaired) electrons. The first kappa shape index (κ1) is 18.3. The standard InChI is InChI=1S/C16H15ClN4OS3/c1-2-23-16-21-20-15(25-16)19-13(22)8-12-9-24-14(18-12)7-10-4-3-5-11(17)6-10/h3-6,9H,2,7-8H2,1H3,(H,19,20,22). The Kier molecular flexibility index (Phi) is 6.41. The molecule has 1 aromatic carbocycles. The average molecular weight is 411 g/mol. The van der Waals surface area contributed by atoms with Gasteiger partial charge in [-0.05, 0) is 23.4 Å². The van der Waals surface area contributed by atoms with E-state index in [4.69, 9.17) is 11.6 Å². The van der Waals surface area contributed by atoms with Crippen molar-refractivity contribution in [2.45, 2.75) is 24.1 Å². The molecule has 0 fully saturated rings. The van der Waals surface area contributed by atoms with Crippen LogP contribution in [0.15, 0.2) is 34.0 Å². The van der Waals surface area contributed by atoms with E-state index in [0.717, 1.165) is 26.4 Å². The number of rotatable bonds is 7. The molecular formula is C16H15ClN4OS3. The van der Waals surface area contributed by atoms with Gasteiger partial charge in [-0.3, -0.25) is 4.79 Å². The van der Waals surface area contributed by atoms with Crippen molar-refractivity contribution in [1.82, 2.24) is 15.2 Å². The molecule has 0 spiro atoms. The highest BCUT2D eigenvalue weighted by atomic mass is 35.5. The topological polar surface area (TPSA) is 67.8 Å². The molecule has 0 aliphatic carbocycles. The molecule has 1 amide bonds. The predicted octanol–water partition coefficient (Wildman–Crippen LogP) is 4.53. The molecule has 3 aromatic rings. The van der Waals surface area contributed by atoms with Crippen LogP contribution in [0, 0.1) is 0 Å². The number of nitrogens with one attached hydrogen (secondary N) is 1. The van der Waals surface area contributed by atoms with Crippen LogP contribution in [0.5, 0.6) is 0 Å². The van der Waals surface area contributed by atoms with Crippen LogP contribution in [0.25, 0.3) is 0 Å².